The van der Waals surface area contributed by atoms with Gasteiger partial charge in [-0.05, 0) is 43.2 Å². The van der Waals surface area contributed by atoms with Crippen molar-refractivity contribution >= 4 is 26.8 Å². The van der Waals surface area contributed by atoms with Gasteiger partial charge in [0.05, 0.1) is 13.4 Å². The zero-order valence-electron chi connectivity index (χ0n) is 13.2. The van der Waals surface area contributed by atoms with Crippen molar-refractivity contribution in [2.45, 2.75) is 18.7 Å². The summed E-state index contributed by atoms with van der Waals surface area (Å²) >= 11 is 0. The van der Waals surface area contributed by atoms with Gasteiger partial charge < -0.3 is 4.90 Å². The molecule has 1 aliphatic heterocycles. The molecule has 0 spiro atoms. The molecule has 2 aromatic rings. The Hall–Kier alpha value is -2.21. The third kappa shape index (κ3) is 3.64. The number of hydrogen-bond acceptors (Lipinski definition) is 1. The van der Waals surface area contributed by atoms with Gasteiger partial charge in [-0.1, -0.05) is 29.2 Å². The van der Waals surface area contributed by atoms with Crippen molar-refractivity contribution in [3.8, 4) is 11.8 Å². The molecule has 0 aliphatic carbocycles. The smallest absolute Gasteiger partial charge is 0.173 e. The summed E-state index contributed by atoms with van der Waals surface area (Å²) in [7, 11) is 11.2. The fraction of sp³-hybridized carbons (Fsp3) is 0.263. The Morgan fingerprint density at radius 2 is 1.58 bits per heavy atom. The third-order valence-corrected chi connectivity index (χ3v) is 4.23. The van der Waals surface area contributed by atoms with Crippen molar-refractivity contribution in [3.05, 3.63) is 59.2 Å². The van der Waals surface area contributed by atoms with Crippen LogP contribution in [0.3, 0.4) is 0 Å². The second kappa shape index (κ2) is 7.13. The van der Waals surface area contributed by atoms with Gasteiger partial charge in [0, 0.05) is 24.3 Å². The Kier molecular flexibility index (Phi) is 4.94. The lowest BCUT2D eigenvalue weighted by Crippen LogP contribution is -2.31. The number of nitrogens with zero attached hydrogens (tertiary/aromatic N) is 1. The molecular weight excluding hydrogens is 302 g/mol. The Balaban J connectivity index is 1.75. The summed E-state index contributed by atoms with van der Waals surface area (Å²) in [5, 5.41) is 0. The molecule has 0 bridgehead atoms. The first-order valence-corrected chi connectivity index (χ1v) is 7.90. The van der Waals surface area contributed by atoms with E-state index < -0.39 is 11.6 Å². The van der Waals surface area contributed by atoms with Crippen molar-refractivity contribution in [2.75, 3.05) is 18.0 Å². The molecule has 0 amide bonds. The van der Waals surface area contributed by atoms with Crippen molar-refractivity contribution in [1.82, 2.24) is 0 Å². The molecule has 1 aliphatic rings. The van der Waals surface area contributed by atoms with E-state index in [2.05, 4.69) is 16.7 Å². The second-order valence-electron chi connectivity index (χ2n) is 5.95. The number of halogens is 2. The van der Waals surface area contributed by atoms with Gasteiger partial charge in [-0.15, -0.1) is 0 Å². The Morgan fingerprint density at radius 3 is 2.25 bits per heavy atom. The summed E-state index contributed by atoms with van der Waals surface area (Å²) in [6, 6.07) is 10.4. The lowest BCUT2D eigenvalue weighted by Gasteiger charge is -2.32. The molecule has 0 unspecified atom stereocenters. The highest BCUT2D eigenvalue weighted by atomic mass is 19.2. The zero-order valence-corrected chi connectivity index (χ0v) is 13.2. The maximum atomic E-state index is 13.7. The maximum Gasteiger partial charge on any atom is 0.173 e. The number of hydrogen-bond donors (Lipinski definition) is 0. The van der Waals surface area contributed by atoms with Crippen LogP contribution >= 0.6 is 0 Å². The van der Waals surface area contributed by atoms with Gasteiger partial charge >= 0.3 is 0 Å². The minimum atomic E-state index is -1.06. The zero-order chi connectivity index (χ0) is 17.1. The van der Waals surface area contributed by atoms with E-state index in [4.69, 9.17) is 15.7 Å². The predicted molar refractivity (Wildman–Crippen MR) is 95.1 cm³/mol. The molecule has 0 atom stereocenters. The Morgan fingerprint density at radius 1 is 0.917 bits per heavy atom. The van der Waals surface area contributed by atoms with Gasteiger partial charge in [0.1, 0.15) is 7.85 Å². The summed E-state index contributed by atoms with van der Waals surface area (Å²) in [6.07, 6.45) is 1.98. The molecule has 0 N–H and O–H groups in total. The Labute approximate surface area is 143 Å². The first-order valence-electron chi connectivity index (χ1n) is 7.90. The van der Waals surface area contributed by atoms with Crippen LogP contribution in [0.15, 0.2) is 36.4 Å². The van der Waals surface area contributed by atoms with Crippen molar-refractivity contribution in [2.24, 2.45) is 0 Å². The summed E-state index contributed by atoms with van der Waals surface area (Å²) in [5.41, 5.74) is 1.64. The van der Waals surface area contributed by atoms with Gasteiger partial charge in [-0.2, -0.15) is 0 Å². The van der Waals surface area contributed by atoms with Crippen LogP contribution in [-0.4, -0.2) is 28.8 Å². The highest BCUT2D eigenvalue weighted by Crippen LogP contribution is 2.24. The summed E-state index contributed by atoms with van der Waals surface area (Å²) in [5.74, 6) is 3.73. The largest absolute Gasteiger partial charge is 0.372 e. The number of piperidine rings is 1. The van der Waals surface area contributed by atoms with E-state index in [9.17, 15) is 8.78 Å². The van der Waals surface area contributed by atoms with E-state index in [1.54, 1.807) is 0 Å². The van der Waals surface area contributed by atoms with Crippen LogP contribution in [0, 0.1) is 23.5 Å². The molecule has 3 rings (SSSR count). The van der Waals surface area contributed by atoms with Gasteiger partial charge in [0.25, 0.3) is 0 Å². The topological polar surface area (TPSA) is 3.24 Å². The Bertz CT molecular complexity index is 785. The molecule has 1 fully saturated rings. The van der Waals surface area contributed by atoms with E-state index in [1.165, 1.54) is 12.1 Å². The molecule has 1 saturated heterocycles. The lowest BCUT2D eigenvalue weighted by molar-refractivity contribution is 0.512. The molecule has 24 heavy (non-hydrogen) atoms. The minimum Gasteiger partial charge on any atom is -0.372 e. The molecule has 2 aromatic carbocycles. The monoisotopic (exact) mass is 317 g/mol. The molecule has 1 nitrogen and oxygen atoms in total. The molecule has 5 heteroatoms. The standard InChI is InChI=1S/C19H15B2F2N/c20-15-9-11-24(12-10-15)16-6-2-13(3-7-16)1-4-14-5-8-17(21)19(23)18(14)22/h2-3,5-8,15H,9-12H2. The molecule has 0 aromatic heterocycles. The molecule has 1 heterocycles. The van der Waals surface area contributed by atoms with E-state index in [1.807, 2.05) is 24.3 Å². The fourth-order valence-electron chi connectivity index (χ4n) is 2.71. The van der Waals surface area contributed by atoms with Gasteiger partial charge in [0.15, 0.2) is 11.6 Å². The first kappa shape index (κ1) is 16.6. The van der Waals surface area contributed by atoms with Crippen LogP contribution in [-0.2, 0) is 0 Å². The average Bonchev–Trinajstić information content (AvgIpc) is 2.60. The number of rotatable bonds is 1. The van der Waals surface area contributed by atoms with Crippen LogP contribution in [0.1, 0.15) is 24.0 Å². The van der Waals surface area contributed by atoms with Crippen LogP contribution < -0.4 is 10.4 Å². The van der Waals surface area contributed by atoms with E-state index in [0.717, 1.165) is 37.2 Å². The average molecular weight is 317 g/mol. The molecule has 4 radical (unpaired) electrons. The summed E-state index contributed by atoms with van der Waals surface area (Å²) in [4.78, 5) is 2.29. The lowest BCUT2D eigenvalue weighted by atomic mass is 9.79. The fourth-order valence-corrected chi connectivity index (χ4v) is 2.71. The van der Waals surface area contributed by atoms with Gasteiger partial charge in [0.2, 0.25) is 0 Å². The summed E-state index contributed by atoms with van der Waals surface area (Å²) in [6.45, 7) is 1.89. The second-order valence-corrected chi connectivity index (χ2v) is 5.95. The molecule has 0 saturated carbocycles. The number of anilines is 1. The van der Waals surface area contributed by atoms with Crippen LogP contribution in [0.4, 0.5) is 14.5 Å². The third-order valence-electron chi connectivity index (χ3n) is 4.23. The van der Waals surface area contributed by atoms with E-state index in [-0.39, 0.29) is 11.0 Å². The first-order chi connectivity index (χ1) is 11.5. The highest BCUT2D eigenvalue weighted by Gasteiger charge is 2.15. The van der Waals surface area contributed by atoms with Crippen molar-refractivity contribution in [3.63, 3.8) is 0 Å². The van der Waals surface area contributed by atoms with E-state index >= 15 is 0 Å². The van der Waals surface area contributed by atoms with E-state index in [0.29, 0.717) is 5.82 Å². The SMILES string of the molecule is [B]c1ccc(C#Cc2ccc(N3CCC([B])CC3)cc2)c(F)c1F. The number of benzene rings is 2. The minimum absolute atomic E-state index is 0.00389. The van der Waals surface area contributed by atoms with Gasteiger partial charge in [-0.25, -0.2) is 8.78 Å². The summed E-state index contributed by atoms with van der Waals surface area (Å²) < 4.78 is 27.2. The predicted octanol–water partition coefficient (Wildman–Crippen LogP) is 2.72. The van der Waals surface area contributed by atoms with Crippen LogP contribution in [0.25, 0.3) is 0 Å². The highest BCUT2D eigenvalue weighted by molar-refractivity contribution is 6.32. The van der Waals surface area contributed by atoms with Crippen LogP contribution in [0.2, 0.25) is 5.82 Å². The van der Waals surface area contributed by atoms with Crippen molar-refractivity contribution < 1.29 is 8.78 Å². The molecule has 116 valence electrons. The normalized spacial score (nSPS) is 15.0. The van der Waals surface area contributed by atoms with Gasteiger partial charge in [-0.3, -0.25) is 0 Å². The van der Waals surface area contributed by atoms with Crippen molar-refractivity contribution in [1.29, 1.82) is 0 Å². The van der Waals surface area contributed by atoms with Crippen LogP contribution in [0.5, 0.6) is 0 Å². The maximum absolute atomic E-state index is 13.7. The molecular formula is C19H15B2F2N. The quantitative estimate of drug-likeness (QED) is 0.577.